The third-order valence-corrected chi connectivity index (χ3v) is 3.22. The normalized spacial score (nSPS) is 11.9. The fourth-order valence-electron chi connectivity index (χ4n) is 1.93. The number of carbonyl (C=O) groups is 1. The molecule has 0 aromatic carbocycles. The van der Waals surface area contributed by atoms with E-state index >= 15 is 0 Å². The predicted octanol–water partition coefficient (Wildman–Crippen LogP) is 6.22. The monoisotopic (exact) mass is 443 g/mol. The Bertz CT molecular complexity index is 368. The fourth-order valence-corrected chi connectivity index (χ4v) is 1.93. The molecule has 2 nitrogen and oxygen atoms in total. The maximum Gasteiger partial charge on any atom is 0.303 e. The average molecular weight is 443 g/mol. The molecule has 23 heavy (non-hydrogen) atoms. The quantitative estimate of drug-likeness (QED) is 0.256. The number of aliphatic carboxylic acids is 1. The SMILES string of the molecule is CCCCCC=CCC=CCC=CCC=CCCCC(=O)O.[La]. The molecule has 0 heterocycles. The molecule has 0 aliphatic rings. The Morgan fingerprint density at radius 3 is 1.61 bits per heavy atom. The maximum absolute atomic E-state index is 10.3. The number of hydrogen-bond donors (Lipinski definition) is 1. The Labute approximate surface area is 170 Å². The van der Waals surface area contributed by atoms with Crippen LogP contribution in [0, 0.1) is 35.6 Å². The summed E-state index contributed by atoms with van der Waals surface area (Å²) in [6.07, 6.45) is 27.3. The van der Waals surface area contributed by atoms with Crippen molar-refractivity contribution in [3.8, 4) is 0 Å². The minimum Gasteiger partial charge on any atom is -0.481 e. The number of carboxylic acids is 1. The van der Waals surface area contributed by atoms with Crippen molar-refractivity contribution in [1.29, 1.82) is 0 Å². The first-order valence-electron chi connectivity index (χ1n) is 8.59. The van der Waals surface area contributed by atoms with Gasteiger partial charge in [0, 0.05) is 42.0 Å². The Morgan fingerprint density at radius 2 is 1.17 bits per heavy atom. The van der Waals surface area contributed by atoms with Crippen molar-refractivity contribution in [3.63, 3.8) is 0 Å². The Morgan fingerprint density at radius 1 is 0.739 bits per heavy atom. The molecule has 0 aromatic heterocycles. The summed E-state index contributed by atoms with van der Waals surface area (Å²) in [5.41, 5.74) is 0. The van der Waals surface area contributed by atoms with E-state index in [-0.39, 0.29) is 42.0 Å². The van der Waals surface area contributed by atoms with Gasteiger partial charge in [-0.2, -0.15) is 0 Å². The summed E-state index contributed by atoms with van der Waals surface area (Å²) in [6, 6.07) is 0. The van der Waals surface area contributed by atoms with Crippen molar-refractivity contribution in [2.24, 2.45) is 0 Å². The van der Waals surface area contributed by atoms with E-state index in [4.69, 9.17) is 5.11 Å². The maximum atomic E-state index is 10.3. The second-order valence-corrected chi connectivity index (χ2v) is 5.37. The third kappa shape index (κ3) is 24.0. The second kappa shape index (κ2) is 21.6. The van der Waals surface area contributed by atoms with Gasteiger partial charge in [0.15, 0.2) is 0 Å². The minimum absolute atomic E-state index is 0. The van der Waals surface area contributed by atoms with Gasteiger partial charge in [-0.05, 0) is 44.9 Å². The van der Waals surface area contributed by atoms with Crippen LogP contribution >= 0.6 is 0 Å². The number of rotatable bonds is 14. The molecule has 0 aromatic rings. The van der Waals surface area contributed by atoms with E-state index in [0.29, 0.717) is 0 Å². The molecule has 0 saturated heterocycles. The topological polar surface area (TPSA) is 37.3 Å². The van der Waals surface area contributed by atoms with Gasteiger partial charge in [0.1, 0.15) is 0 Å². The average Bonchev–Trinajstić information content (AvgIpc) is 2.50. The minimum atomic E-state index is -0.712. The van der Waals surface area contributed by atoms with Gasteiger partial charge in [-0.1, -0.05) is 68.4 Å². The second-order valence-electron chi connectivity index (χ2n) is 5.37. The first kappa shape index (κ1) is 24.9. The molecule has 0 aliphatic carbocycles. The largest absolute Gasteiger partial charge is 0.481 e. The Hall–Kier alpha value is -0.375. The van der Waals surface area contributed by atoms with E-state index < -0.39 is 5.97 Å². The van der Waals surface area contributed by atoms with E-state index in [1.807, 2.05) is 0 Å². The van der Waals surface area contributed by atoms with Crippen LogP contribution in [0.5, 0.6) is 0 Å². The fraction of sp³-hybridized carbons (Fsp3) is 0.550. The summed E-state index contributed by atoms with van der Waals surface area (Å²) in [4.78, 5) is 10.3. The van der Waals surface area contributed by atoms with Gasteiger partial charge in [0.2, 0.25) is 0 Å². The van der Waals surface area contributed by atoms with Crippen LogP contribution in [0.15, 0.2) is 48.6 Å². The first-order chi connectivity index (χ1) is 10.8. The van der Waals surface area contributed by atoms with Crippen molar-refractivity contribution in [3.05, 3.63) is 48.6 Å². The van der Waals surface area contributed by atoms with Gasteiger partial charge in [0.05, 0.1) is 0 Å². The summed E-state index contributed by atoms with van der Waals surface area (Å²) in [5, 5.41) is 8.49. The number of hydrogen-bond acceptors (Lipinski definition) is 1. The molecule has 3 heteroatoms. The van der Waals surface area contributed by atoms with E-state index in [2.05, 4.69) is 55.5 Å². The Kier molecular flexibility index (Phi) is 23.4. The summed E-state index contributed by atoms with van der Waals surface area (Å²) in [6.45, 7) is 2.23. The van der Waals surface area contributed by atoms with Crippen LogP contribution < -0.4 is 0 Å². The molecule has 0 amide bonds. The van der Waals surface area contributed by atoms with Crippen molar-refractivity contribution in [1.82, 2.24) is 0 Å². The zero-order chi connectivity index (χ0) is 16.3. The summed E-state index contributed by atoms with van der Waals surface area (Å²) < 4.78 is 0. The first-order valence-corrected chi connectivity index (χ1v) is 8.59. The van der Waals surface area contributed by atoms with E-state index in [1.165, 1.54) is 25.7 Å². The molecule has 0 fully saturated rings. The smallest absolute Gasteiger partial charge is 0.303 e. The molecule has 0 saturated carbocycles. The van der Waals surface area contributed by atoms with Crippen molar-refractivity contribution in [2.45, 2.75) is 71.1 Å². The molecule has 1 radical (unpaired) electrons. The van der Waals surface area contributed by atoms with Crippen LogP contribution in [0.2, 0.25) is 0 Å². The molecule has 0 rings (SSSR count). The molecule has 127 valence electrons. The molecule has 0 unspecified atom stereocenters. The van der Waals surface area contributed by atoms with Crippen LogP contribution in [-0.2, 0) is 4.79 Å². The van der Waals surface area contributed by atoms with Gasteiger partial charge >= 0.3 is 5.97 Å². The summed E-state index contributed by atoms with van der Waals surface area (Å²) in [7, 11) is 0. The summed E-state index contributed by atoms with van der Waals surface area (Å²) in [5.74, 6) is -0.712. The summed E-state index contributed by atoms with van der Waals surface area (Å²) >= 11 is 0. The number of carboxylic acid groups (broad SMARTS) is 1. The van der Waals surface area contributed by atoms with Crippen molar-refractivity contribution < 1.29 is 45.5 Å². The van der Waals surface area contributed by atoms with Gasteiger partial charge in [-0.25, -0.2) is 0 Å². The van der Waals surface area contributed by atoms with Gasteiger partial charge < -0.3 is 5.11 Å². The molecule has 1 N–H and O–H groups in total. The predicted molar refractivity (Wildman–Crippen MR) is 96.0 cm³/mol. The molecular formula is C20H32LaO2. The zero-order valence-electron chi connectivity index (χ0n) is 14.6. The van der Waals surface area contributed by atoms with E-state index in [1.54, 1.807) is 0 Å². The van der Waals surface area contributed by atoms with Crippen LogP contribution in [0.4, 0.5) is 0 Å². The van der Waals surface area contributed by atoms with E-state index in [9.17, 15) is 4.79 Å². The van der Waals surface area contributed by atoms with Crippen LogP contribution in [0.25, 0.3) is 0 Å². The van der Waals surface area contributed by atoms with Gasteiger partial charge in [-0.15, -0.1) is 0 Å². The molecule has 0 atom stereocenters. The van der Waals surface area contributed by atoms with E-state index in [0.717, 1.165) is 32.1 Å². The van der Waals surface area contributed by atoms with Crippen molar-refractivity contribution >= 4 is 5.97 Å². The standard InChI is InChI=1S/C20H32O2.La/c1-2-3-4-5-6-7-8-9-10-11-12-13-14-15-16-17-18-19-20(21)22;/h6-7,9-10,12-13,15-16H,2-5,8,11,14,17-19H2,1H3,(H,21,22);. The van der Waals surface area contributed by atoms with Crippen LogP contribution in [0.1, 0.15) is 71.1 Å². The van der Waals surface area contributed by atoms with Crippen LogP contribution in [-0.4, -0.2) is 11.1 Å². The number of allylic oxidation sites excluding steroid dienone is 8. The van der Waals surface area contributed by atoms with Crippen molar-refractivity contribution in [2.75, 3.05) is 0 Å². The molecule has 0 spiro atoms. The number of unbranched alkanes of at least 4 members (excludes halogenated alkanes) is 4. The molecule has 0 aliphatic heterocycles. The van der Waals surface area contributed by atoms with Crippen LogP contribution in [0.3, 0.4) is 0 Å². The molecular weight excluding hydrogens is 411 g/mol. The third-order valence-electron chi connectivity index (χ3n) is 3.22. The van der Waals surface area contributed by atoms with Gasteiger partial charge in [-0.3, -0.25) is 4.79 Å². The molecule has 0 bridgehead atoms. The zero-order valence-corrected chi connectivity index (χ0v) is 18.2. The Balaban J connectivity index is 0. The van der Waals surface area contributed by atoms with Gasteiger partial charge in [0.25, 0.3) is 0 Å².